The molecule has 4 aromatic rings. The molecule has 0 fully saturated rings. The first-order chi connectivity index (χ1) is 16.5. The van der Waals surface area contributed by atoms with E-state index in [0.717, 1.165) is 39.4 Å². The number of nitrogens with one attached hydrogen (secondary N) is 2. The Bertz CT molecular complexity index is 1380. The van der Waals surface area contributed by atoms with Crippen molar-refractivity contribution < 1.29 is 4.79 Å². The largest absolute Gasteiger partial charge is 0.384 e. The van der Waals surface area contributed by atoms with Crippen molar-refractivity contribution in [3.8, 4) is 0 Å². The Kier molecular flexibility index (Phi) is 5.55. The van der Waals surface area contributed by atoms with E-state index < -0.39 is 0 Å². The van der Waals surface area contributed by atoms with E-state index in [9.17, 15) is 4.79 Å². The Morgan fingerprint density at radius 1 is 1.06 bits per heavy atom. The van der Waals surface area contributed by atoms with E-state index in [2.05, 4.69) is 25.6 Å². The zero-order valence-corrected chi connectivity index (χ0v) is 19.0. The Hall–Kier alpha value is -4.46. The zero-order chi connectivity index (χ0) is 23.7. The SMILES string of the molecule is Cc1cc(N)nc(C)c1CNC(=O)c1cn2c(n1)C=Nc1cc(Nc3ccccc3)ccc1C2. The molecule has 0 atom stereocenters. The van der Waals surface area contributed by atoms with Gasteiger partial charge in [0, 0.05) is 29.8 Å². The van der Waals surface area contributed by atoms with Gasteiger partial charge >= 0.3 is 0 Å². The molecule has 2 aromatic heterocycles. The van der Waals surface area contributed by atoms with E-state index in [-0.39, 0.29) is 5.91 Å². The number of carbonyl (C=O) groups excluding carboxylic acids is 1. The fourth-order valence-corrected chi connectivity index (χ4v) is 4.08. The Labute approximate surface area is 197 Å². The molecule has 170 valence electrons. The van der Waals surface area contributed by atoms with Gasteiger partial charge in [-0.3, -0.25) is 9.79 Å². The molecule has 0 spiro atoms. The zero-order valence-electron chi connectivity index (χ0n) is 19.0. The predicted octanol–water partition coefficient (Wildman–Crippen LogP) is 4.26. The second kappa shape index (κ2) is 8.82. The summed E-state index contributed by atoms with van der Waals surface area (Å²) in [6.07, 6.45) is 3.47. The molecule has 1 aliphatic heterocycles. The normalized spacial score (nSPS) is 11.9. The van der Waals surface area contributed by atoms with Crippen molar-refractivity contribution in [3.05, 3.63) is 94.7 Å². The predicted molar refractivity (Wildman–Crippen MR) is 134 cm³/mol. The molecular formula is C26H25N7O. The van der Waals surface area contributed by atoms with Crippen molar-refractivity contribution in [2.75, 3.05) is 11.1 Å². The average molecular weight is 452 g/mol. The highest BCUT2D eigenvalue weighted by Gasteiger charge is 2.17. The van der Waals surface area contributed by atoms with E-state index in [4.69, 9.17) is 5.73 Å². The Morgan fingerprint density at radius 2 is 1.88 bits per heavy atom. The van der Waals surface area contributed by atoms with Gasteiger partial charge in [0.05, 0.1) is 18.4 Å². The molecule has 8 nitrogen and oxygen atoms in total. The first-order valence-corrected chi connectivity index (χ1v) is 11.0. The standard InChI is InChI=1S/C26H25N7O/c1-16-10-24(27)30-17(2)21(16)12-29-26(34)23-15-33-14-18-8-9-20(31-19-6-4-3-5-7-19)11-22(18)28-13-25(33)32-23/h3-11,13,15,31H,12,14H2,1-2H3,(H2,27,30)(H,29,34). The number of aryl methyl sites for hydroxylation is 2. The van der Waals surface area contributed by atoms with E-state index in [1.165, 1.54) is 0 Å². The number of benzene rings is 2. The van der Waals surface area contributed by atoms with Crippen molar-refractivity contribution in [1.82, 2.24) is 19.9 Å². The maximum Gasteiger partial charge on any atom is 0.271 e. The molecule has 0 bridgehead atoms. The fourth-order valence-electron chi connectivity index (χ4n) is 4.08. The second-order valence-electron chi connectivity index (χ2n) is 8.32. The monoisotopic (exact) mass is 451 g/mol. The smallest absolute Gasteiger partial charge is 0.271 e. The number of pyridine rings is 1. The van der Waals surface area contributed by atoms with Crippen LogP contribution in [0.3, 0.4) is 0 Å². The molecule has 34 heavy (non-hydrogen) atoms. The summed E-state index contributed by atoms with van der Waals surface area (Å²) in [5.41, 5.74) is 12.8. The van der Waals surface area contributed by atoms with Crippen LogP contribution in [0.5, 0.6) is 0 Å². The van der Waals surface area contributed by atoms with Crippen LogP contribution in [0.25, 0.3) is 0 Å². The lowest BCUT2D eigenvalue weighted by molar-refractivity contribution is 0.0946. The average Bonchev–Trinajstić information content (AvgIpc) is 3.13. The molecule has 1 amide bonds. The van der Waals surface area contributed by atoms with Crippen molar-refractivity contribution in [2.24, 2.45) is 4.99 Å². The summed E-state index contributed by atoms with van der Waals surface area (Å²) in [4.78, 5) is 26.2. The minimum absolute atomic E-state index is 0.243. The fraction of sp³-hybridized carbons (Fsp3) is 0.154. The summed E-state index contributed by atoms with van der Waals surface area (Å²) in [6.45, 7) is 4.79. The lowest BCUT2D eigenvalue weighted by Crippen LogP contribution is -2.24. The molecule has 8 heteroatoms. The third kappa shape index (κ3) is 4.38. The number of imidazole rings is 1. The molecule has 2 aromatic carbocycles. The number of aromatic nitrogens is 3. The minimum Gasteiger partial charge on any atom is -0.384 e. The van der Waals surface area contributed by atoms with Gasteiger partial charge in [-0.1, -0.05) is 24.3 Å². The summed E-state index contributed by atoms with van der Waals surface area (Å²) in [7, 11) is 0. The Balaban J connectivity index is 1.31. The maximum atomic E-state index is 12.8. The van der Waals surface area contributed by atoms with Gasteiger partial charge in [-0.25, -0.2) is 9.97 Å². The van der Waals surface area contributed by atoms with Crippen LogP contribution in [0.4, 0.5) is 22.9 Å². The van der Waals surface area contributed by atoms with E-state index >= 15 is 0 Å². The molecule has 5 rings (SSSR count). The van der Waals surface area contributed by atoms with E-state index in [1.54, 1.807) is 12.4 Å². The molecule has 4 N–H and O–H groups in total. The molecule has 1 aliphatic rings. The number of para-hydroxylation sites is 1. The number of nitrogens with two attached hydrogens (primary N) is 1. The highest BCUT2D eigenvalue weighted by atomic mass is 16.1. The lowest BCUT2D eigenvalue weighted by atomic mass is 10.1. The third-order valence-corrected chi connectivity index (χ3v) is 5.85. The van der Waals surface area contributed by atoms with E-state index in [1.807, 2.05) is 73.0 Å². The van der Waals surface area contributed by atoms with Gasteiger partial charge in [-0.05, 0) is 60.9 Å². The number of hydrogen-bond acceptors (Lipinski definition) is 6. The quantitative estimate of drug-likeness (QED) is 0.370. The highest BCUT2D eigenvalue weighted by molar-refractivity contribution is 5.93. The number of aliphatic imine (C=N–C) groups is 1. The van der Waals surface area contributed by atoms with Crippen LogP contribution >= 0.6 is 0 Å². The van der Waals surface area contributed by atoms with Crippen LogP contribution in [0.1, 0.15) is 38.7 Å². The minimum atomic E-state index is -0.243. The highest BCUT2D eigenvalue weighted by Crippen LogP contribution is 2.28. The van der Waals surface area contributed by atoms with Gasteiger partial charge < -0.3 is 20.9 Å². The van der Waals surface area contributed by atoms with Gasteiger partial charge in [0.25, 0.3) is 5.91 Å². The first-order valence-electron chi connectivity index (χ1n) is 11.0. The summed E-state index contributed by atoms with van der Waals surface area (Å²) in [5, 5.41) is 6.33. The number of anilines is 3. The number of nitrogens with zero attached hydrogens (tertiary/aromatic N) is 4. The number of rotatable bonds is 5. The summed E-state index contributed by atoms with van der Waals surface area (Å²) in [6, 6.07) is 17.9. The third-order valence-electron chi connectivity index (χ3n) is 5.85. The summed E-state index contributed by atoms with van der Waals surface area (Å²) < 4.78 is 1.94. The molecule has 3 heterocycles. The number of fused-ring (bicyclic) bond motifs is 2. The number of hydrogen-bond donors (Lipinski definition) is 3. The summed E-state index contributed by atoms with van der Waals surface area (Å²) in [5.74, 6) is 0.873. The van der Waals surface area contributed by atoms with Crippen molar-refractivity contribution in [2.45, 2.75) is 26.9 Å². The van der Waals surface area contributed by atoms with Crippen LogP contribution in [-0.2, 0) is 13.1 Å². The summed E-state index contributed by atoms with van der Waals surface area (Å²) >= 11 is 0. The van der Waals surface area contributed by atoms with Crippen LogP contribution < -0.4 is 16.4 Å². The van der Waals surface area contributed by atoms with Crippen molar-refractivity contribution in [3.63, 3.8) is 0 Å². The van der Waals surface area contributed by atoms with Gasteiger partial charge in [0.15, 0.2) is 5.82 Å². The molecule has 0 radical (unpaired) electrons. The van der Waals surface area contributed by atoms with Crippen LogP contribution in [0.15, 0.2) is 65.8 Å². The molecule has 0 saturated heterocycles. The van der Waals surface area contributed by atoms with E-state index in [0.29, 0.717) is 30.4 Å². The van der Waals surface area contributed by atoms with Crippen molar-refractivity contribution in [1.29, 1.82) is 0 Å². The molecule has 0 aliphatic carbocycles. The number of carbonyl (C=O) groups is 1. The van der Waals surface area contributed by atoms with Crippen LogP contribution in [-0.4, -0.2) is 26.7 Å². The number of amides is 1. The first kappa shape index (κ1) is 21.4. The maximum absolute atomic E-state index is 12.8. The number of nitrogen functional groups attached to an aromatic ring is 1. The van der Waals surface area contributed by atoms with Crippen LogP contribution in [0.2, 0.25) is 0 Å². The molecular weight excluding hydrogens is 426 g/mol. The second-order valence-corrected chi connectivity index (χ2v) is 8.32. The molecule has 0 unspecified atom stereocenters. The van der Waals surface area contributed by atoms with Crippen LogP contribution in [0, 0.1) is 13.8 Å². The van der Waals surface area contributed by atoms with Gasteiger partial charge in [-0.15, -0.1) is 0 Å². The topological polar surface area (TPSA) is 110 Å². The lowest BCUT2D eigenvalue weighted by Gasteiger charge is -2.11. The van der Waals surface area contributed by atoms with Gasteiger partial charge in [0.2, 0.25) is 0 Å². The Morgan fingerprint density at radius 3 is 2.68 bits per heavy atom. The van der Waals surface area contributed by atoms with Crippen molar-refractivity contribution >= 4 is 35.0 Å². The van der Waals surface area contributed by atoms with Gasteiger partial charge in [-0.2, -0.15) is 0 Å². The van der Waals surface area contributed by atoms with Gasteiger partial charge in [0.1, 0.15) is 11.5 Å². The molecule has 0 saturated carbocycles.